The summed E-state index contributed by atoms with van der Waals surface area (Å²) in [6.45, 7) is 0.280. The van der Waals surface area contributed by atoms with Crippen LogP contribution >= 0.6 is 22.6 Å². The van der Waals surface area contributed by atoms with E-state index in [4.69, 9.17) is 9.84 Å². The first-order valence-electron chi connectivity index (χ1n) is 5.08. The highest BCUT2D eigenvalue weighted by Crippen LogP contribution is 2.12. The van der Waals surface area contributed by atoms with Crippen LogP contribution in [0.3, 0.4) is 0 Å². The molecule has 2 aromatic rings. The molecule has 1 N–H and O–H groups in total. The van der Waals surface area contributed by atoms with E-state index in [9.17, 15) is 4.79 Å². The molecule has 0 spiro atoms. The molecule has 6 heteroatoms. The zero-order valence-electron chi connectivity index (χ0n) is 9.21. The van der Waals surface area contributed by atoms with Gasteiger partial charge in [0.1, 0.15) is 16.1 Å². The normalized spacial score (nSPS) is 10.1. The lowest BCUT2D eigenvalue weighted by Gasteiger charge is -2.05. The van der Waals surface area contributed by atoms with Crippen LogP contribution in [0.4, 0.5) is 0 Å². The van der Waals surface area contributed by atoms with Crippen LogP contribution in [0.15, 0.2) is 36.7 Å². The van der Waals surface area contributed by atoms with Gasteiger partial charge in [0.05, 0.1) is 17.5 Å². The molecule has 0 amide bonds. The number of ether oxygens (including phenoxy) is 1. The van der Waals surface area contributed by atoms with Gasteiger partial charge < -0.3 is 9.84 Å². The molecular formula is C12H9IN2O3. The molecule has 0 aliphatic heterocycles. The number of hydrogen-bond donors (Lipinski definition) is 1. The van der Waals surface area contributed by atoms with Crippen LogP contribution in [0.25, 0.3) is 0 Å². The highest BCUT2D eigenvalue weighted by molar-refractivity contribution is 14.1. The van der Waals surface area contributed by atoms with Crippen molar-refractivity contribution in [3.8, 4) is 5.75 Å². The van der Waals surface area contributed by atoms with Gasteiger partial charge in [-0.2, -0.15) is 0 Å². The Hall–Kier alpha value is -1.70. The summed E-state index contributed by atoms with van der Waals surface area (Å²) in [5.41, 5.74) is 0.827. The van der Waals surface area contributed by atoms with Crippen LogP contribution in [0.2, 0.25) is 0 Å². The Morgan fingerprint density at radius 1 is 1.22 bits per heavy atom. The van der Waals surface area contributed by atoms with Crippen molar-refractivity contribution in [1.29, 1.82) is 0 Å². The third-order valence-electron chi connectivity index (χ3n) is 2.16. The Morgan fingerprint density at radius 3 is 2.61 bits per heavy atom. The number of halogens is 1. The zero-order valence-corrected chi connectivity index (χ0v) is 11.4. The second-order valence-corrected chi connectivity index (χ2v) is 4.55. The quantitative estimate of drug-likeness (QED) is 0.673. The molecule has 0 saturated carbocycles. The maximum Gasteiger partial charge on any atom is 0.337 e. The molecule has 0 atom stereocenters. The first kappa shape index (κ1) is 12.7. The largest absolute Gasteiger partial charge is 0.486 e. The van der Waals surface area contributed by atoms with Gasteiger partial charge in [0.2, 0.25) is 0 Å². The van der Waals surface area contributed by atoms with Crippen LogP contribution in [0.1, 0.15) is 16.1 Å². The second kappa shape index (κ2) is 5.76. The average molecular weight is 356 g/mol. The van der Waals surface area contributed by atoms with E-state index in [1.807, 2.05) is 12.1 Å². The summed E-state index contributed by atoms with van der Waals surface area (Å²) in [7, 11) is 0. The molecule has 0 unspecified atom stereocenters. The van der Waals surface area contributed by atoms with E-state index < -0.39 is 5.97 Å². The molecule has 0 saturated heterocycles. The van der Waals surface area contributed by atoms with E-state index >= 15 is 0 Å². The minimum atomic E-state index is -0.989. The van der Waals surface area contributed by atoms with Gasteiger partial charge in [-0.15, -0.1) is 0 Å². The fraction of sp³-hybridized carbons (Fsp3) is 0.0833. The van der Waals surface area contributed by atoms with Crippen LogP contribution < -0.4 is 4.74 Å². The Bertz CT molecular complexity index is 540. The number of pyridine rings is 2. The highest BCUT2D eigenvalue weighted by Gasteiger charge is 2.03. The Labute approximate surface area is 117 Å². The molecule has 18 heavy (non-hydrogen) atoms. The minimum Gasteiger partial charge on any atom is -0.486 e. The van der Waals surface area contributed by atoms with Crippen molar-refractivity contribution in [3.05, 3.63) is 51.6 Å². The lowest BCUT2D eigenvalue weighted by atomic mass is 10.2. The van der Waals surface area contributed by atoms with Crippen molar-refractivity contribution in [1.82, 2.24) is 9.97 Å². The molecule has 0 aliphatic carbocycles. The van der Waals surface area contributed by atoms with Crippen molar-refractivity contribution < 1.29 is 14.6 Å². The van der Waals surface area contributed by atoms with E-state index in [-0.39, 0.29) is 12.2 Å². The average Bonchev–Trinajstić information content (AvgIpc) is 2.38. The van der Waals surface area contributed by atoms with Gasteiger partial charge in [0.25, 0.3) is 0 Å². The van der Waals surface area contributed by atoms with Gasteiger partial charge in [-0.3, -0.25) is 4.98 Å². The molecule has 0 radical (unpaired) electrons. The number of carbonyl (C=O) groups is 1. The molecule has 2 heterocycles. The maximum atomic E-state index is 10.6. The number of carboxylic acids is 1. The molecule has 2 aromatic heterocycles. The third-order valence-corrected chi connectivity index (χ3v) is 2.80. The monoisotopic (exact) mass is 356 g/mol. The number of nitrogens with zero attached hydrogens (tertiary/aromatic N) is 2. The number of aromatic carboxylic acids is 1. The first-order chi connectivity index (χ1) is 8.65. The highest BCUT2D eigenvalue weighted by atomic mass is 127. The lowest BCUT2D eigenvalue weighted by molar-refractivity contribution is 0.0696. The SMILES string of the molecule is O=C(O)c1ccc(COc2ccc(I)nc2)nc1. The maximum absolute atomic E-state index is 10.6. The molecule has 2 rings (SSSR count). The number of rotatable bonds is 4. The standard InChI is InChI=1S/C12H9IN2O3/c13-11-4-3-10(6-15-11)18-7-9-2-1-8(5-14-9)12(16)17/h1-6H,7H2,(H,16,17). The molecule has 0 aromatic carbocycles. The summed E-state index contributed by atoms with van der Waals surface area (Å²) < 4.78 is 6.36. The summed E-state index contributed by atoms with van der Waals surface area (Å²) in [6, 6.07) is 6.79. The smallest absolute Gasteiger partial charge is 0.337 e. The molecular weight excluding hydrogens is 347 g/mol. The van der Waals surface area contributed by atoms with Gasteiger partial charge in [-0.25, -0.2) is 9.78 Å². The van der Waals surface area contributed by atoms with Crippen LogP contribution in [0, 0.1) is 3.70 Å². The summed E-state index contributed by atoms with van der Waals surface area (Å²) in [5, 5.41) is 8.73. The van der Waals surface area contributed by atoms with Crippen molar-refractivity contribution in [3.63, 3.8) is 0 Å². The summed E-state index contributed by atoms with van der Waals surface area (Å²) in [4.78, 5) is 18.7. The van der Waals surface area contributed by atoms with E-state index in [1.54, 1.807) is 12.3 Å². The molecule has 92 valence electrons. The van der Waals surface area contributed by atoms with Gasteiger partial charge in [0.15, 0.2) is 0 Å². The van der Waals surface area contributed by atoms with Crippen molar-refractivity contribution in [2.24, 2.45) is 0 Å². The van der Waals surface area contributed by atoms with E-state index in [0.29, 0.717) is 11.4 Å². The fourth-order valence-corrected chi connectivity index (χ4v) is 1.56. The predicted molar refractivity (Wildman–Crippen MR) is 72.5 cm³/mol. The Morgan fingerprint density at radius 2 is 2.06 bits per heavy atom. The Kier molecular flexibility index (Phi) is 4.08. The van der Waals surface area contributed by atoms with Gasteiger partial charge in [-0.1, -0.05) is 0 Å². The summed E-state index contributed by atoms with van der Waals surface area (Å²) >= 11 is 2.11. The molecule has 5 nitrogen and oxygen atoms in total. The molecule has 0 aliphatic rings. The number of hydrogen-bond acceptors (Lipinski definition) is 4. The zero-order chi connectivity index (χ0) is 13.0. The van der Waals surface area contributed by atoms with E-state index in [2.05, 4.69) is 32.6 Å². The van der Waals surface area contributed by atoms with Crippen LogP contribution in [-0.4, -0.2) is 21.0 Å². The van der Waals surface area contributed by atoms with Crippen molar-refractivity contribution in [2.45, 2.75) is 6.61 Å². The molecule has 0 bridgehead atoms. The van der Waals surface area contributed by atoms with E-state index in [0.717, 1.165) is 3.70 Å². The number of carboxylic acid groups (broad SMARTS) is 1. The fourth-order valence-electron chi connectivity index (χ4n) is 1.24. The first-order valence-corrected chi connectivity index (χ1v) is 6.15. The third kappa shape index (κ3) is 3.39. The van der Waals surface area contributed by atoms with Gasteiger partial charge in [-0.05, 0) is 46.9 Å². The van der Waals surface area contributed by atoms with Crippen molar-refractivity contribution >= 4 is 28.6 Å². The molecule has 0 fully saturated rings. The van der Waals surface area contributed by atoms with Crippen LogP contribution in [-0.2, 0) is 6.61 Å². The van der Waals surface area contributed by atoms with Gasteiger partial charge >= 0.3 is 5.97 Å². The Balaban J connectivity index is 1.97. The topological polar surface area (TPSA) is 72.3 Å². The predicted octanol–water partition coefficient (Wildman–Crippen LogP) is 2.36. The minimum absolute atomic E-state index is 0.162. The van der Waals surface area contributed by atoms with Gasteiger partial charge in [0, 0.05) is 6.20 Å². The van der Waals surface area contributed by atoms with Crippen LogP contribution in [0.5, 0.6) is 5.75 Å². The summed E-state index contributed by atoms with van der Waals surface area (Å²) in [6.07, 6.45) is 2.95. The van der Waals surface area contributed by atoms with Crippen molar-refractivity contribution in [2.75, 3.05) is 0 Å². The summed E-state index contributed by atoms with van der Waals surface area (Å²) in [5.74, 6) is -0.337. The lowest BCUT2D eigenvalue weighted by Crippen LogP contribution is -2.02. The van der Waals surface area contributed by atoms with E-state index in [1.165, 1.54) is 12.3 Å². The second-order valence-electron chi connectivity index (χ2n) is 3.45. The number of aromatic nitrogens is 2.